The van der Waals surface area contributed by atoms with Crippen molar-refractivity contribution < 1.29 is 14.8 Å². The normalized spacial score (nSPS) is 10.9. The molecule has 0 amide bonds. The Labute approximate surface area is 94.5 Å². The first kappa shape index (κ1) is 16.8. The number of carbonyl (C=O) groups excluding carboxylic acids is 1. The Morgan fingerprint density at radius 2 is 1.40 bits per heavy atom. The molecule has 0 atom stereocenters. The van der Waals surface area contributed by atoms with Gasteiger partial charge in [0.1, 0.15) is 0 Å². The summed E-state index contributed by atoms with van der Waals surface area (Å²) in [5.41, 5.74) is -0.653. The highest BCUT2D eigenvalue weighted by molar-refractivity contribution is 5.71. The molecule has 0 aromatic rings. The smallest absolute Gasteiger partial charge is 0.0742 e. The zero-order valence-electron chi connectivity index (χ0n) is 11.1. The van der Waals surface area contributed by atoms with E-state index in [-0.39, 0.29) is 0 Å². The zero-order valence-corrected chi connectivity index (χ0v) is 11.1. The Hall–Kier alpha value is -0.570. The predicted octanol–water partition coefficient (Wildman–Crippen LogP) is 0.104. The topological polar surface area (TPSA) is 44.6 Å². The minimum Gasteiger partial charge on any atom is -0.550 e. The van der Waals surface area contributed by atoms with E-state index in [1.807, 2.05) is 6.92 Å². The molecule has 0 aliphatic rings. The quantitative estimate of drug-likeness (QED) is 0.710. The average Bonchev–Trinajstić information content (AvgIpc) is 2.21. The molecule has 0 aromatic carbocycles. The van der Waals surface area contributed by atoms with Crippen LogP contribution in [-0.2, 0) is 4.79 Å². The second kappa shape index (κ2) is 8.72. The maximum atomic E-state index is 10.1. The van der Waals surface area contributed by atoms with E-state index >= 15 is 0 Å². The number of hydrogen-bond donors (Lipinski definition) is 1. The van der Waals surface area contributed by atoms with E-state index in [9.17, 15) is 9.90 Å². The standard InChI is InChI=1S/C6H15N.C6H12O2/c1-4-7(5-2)6-3;1-4-6(2,3)5(7)8/h4-6H2,1-3H3;4H2,1-3H3,(H,7,8). The molecule has 3 nitrogen and oxygen atoms in total. The van der Waals surface area contributed by atoms with Crippen molar-refractivity contribution in [2.75, 3.05) is 19.6 Å². The van der Waals surface area contributed by atoms with Gasteiger partial charge >= 0.3 is 0 Å². The van der Waals surface area contributed by atoms with Crippen LogP contribution in [0, 0.1) is 5.41 Å². The molecule has 0 aliphatic heterocycles. The van der Waals surface area contributed by atoms with Gasteiger partial charge in [-0.15, -0.1) is 0 Å². The minimum absolute atomic E-state index is 0.620. The molecule has 0 heterocycles. The third-order valence-corrected chi connectivity index (χ3v) is 2.94. The van der Waals surface area contributed by atoms with Crippen molar-refractivity contribution in [3.63, 3.8) is 0 Å². The van der Waals surface area contributed by atoms with Gasteiger partial charge in [0.15, 0.2) is 0 Å². The number of hydrogen-bond acceptors (Lipinski definition) is 2. The molecule has 0 spiro atoms. The molecular formula is C12H27NO2. The molecule has 0 saturated carbocycles. The van der Waals surface area contributed by atoms with Crippen LogP contribution in [-0.4, -0.2) is 25.6 Å². The first-order chi connectivity index (χ1) is 6.85. The van der Waals surface area contributed by atoms with E-state index in [2.05, 4.69) is 20.8 Å². The molecule has 0 fully saturated rings. The van der Waals surface area contributed by atoms with Crippen molar-refractivity contribution in [1.29, 1.82) is 0 Å². The van der Waals surface area contributed by atoms with Crippen LogP contribution >= 0.6 is 0 Å². The van der Waals surface area contributed by atoms with Gasteiger partial charge in [-0.05, 0) is 27.2 Å². The number of rotatable bonds is 5. The number of carbonyl (C=O) groups is 1. The van der Waals surface area contributed by atoms with Crippen molar-refractivity contribution in [3.8, 4) is 0 Å². The maximum absolute atomic E-state index is 10.1. The molecule has 0 aliphatic carbocycles. The summed E-state index contributed by atoms with van der Waals surface area (Å²) in [5, 5.41) is 10.1. The summed E-state index contributed by atoms with van der Waals surface area (Å²) in [6.45, 7) is 15.6. The second-order valence-electron chi connectivity index (χ2n) is 4.34. The summed E-state index contributed by atoms with van der Waals surface area (Å²) >= 11 is 0. The molecular weight excluding hydrogens is 190 g/mol. The Morgan fingerprint density at radius 3 is 1.40 bits per heavy atom. The lowest BCUT2D eigenvalue weighted by atomic mass is 9.91. The van der Waals surface area contributed by atoms with E-state index in [1.54, 1.807) is 18.7 Å². The highest BCUT2D eigenvalue weighted by atomic mass is 16.4. The molecule has 1 N–H and O–H groups in total. The van der Waals surface area contributed by atoms with Crippen LogP contribution in [0.4, 0.5) is 0 Å². The Balaban J connectivity index is 0. The number of carboxylic acids is 1. The molecule has 3 heteroatoms. The molecule has 0 radical (unpaired) electrons. The monoisotopic (exact) mass is 217 g/mol. The number of nitrogens with one attached hydrogen (secondary N) is 1. The van der Waals surface area contributed by atoms with Crippen molar-refractivity contribution in [2.45, 2.75) is 48.0 Å². The molecule has 0 aromatic heterocycles. The average molecular weight is 217 g/mol. The molecule has 0 unspecified atom stereocenters. The van der Waals surface area contributed by atoms with Gasteiger partial charge < -0.3 is 14.8 Å². The summed E-state index contributed by atoms with van der Waals surface area (Å²) in [4.78, 5) is 11.8. The number of aliphatic carboxylic acids is 1. The van der Waals surface area contributed by atoms with E-state index in [4.69, 9.17) is 0 Å². The van der Waals surface area contributed by atoms with Crippen LogP contribution in [0.2, 0.25) is 0 Å². The van der Waals surface area contributed by atoms with Crippen LogP contribution in [0.3, 0.4) is 0 Å². The van der Waals surface area contributed by atoms with Crippen LogP contribution in [0.1, 0.15) is 48.0 Å². The zero-order chi connectivity index (χ0) is 12.5. The summed E-state index contributed by atoms with van der Waals surface area (Å²) in [7, 11) is 0. The van der Waals surface area contributed by atoms with Gasteiger partial charge in [0.05, 0.1) is 19.6 Å². The van der Waals surface area contributed by atoms with E-state index < -0.39 is 11.4 Å². The molecule has 0 rings (SSSR count). The maximum Gasteiger partial charge on any atom is 0.0742 e. The van der Waals surface area contributed by atoms with Gasteiger partial charge in [0, 0.05) is 11.4 Å². The van der Waals surface area contributed by atoms with Crippen LogP contribution in [0.15, 0.2) is 0 Å². The summed E-state index contributed by atoms with van der Waals surface area (Å²) in [6.07, 6.45) is 0.620. The number of quaternary nitrogens is 1. The fourth-order valence-electron chi connectivity index (χ4n) is 0.894. The largest absolute Gasteiger partial charge is 0.550 e. The first-order valence-corrected chi connectivity index (χ1v) is 5.90. The summed E-state index contributed by atoms with van der Waals surface area (Å²) < 4.78 is 0. The van der Waals surface area contributed by atoms with Gasteiger partial charge in [-0.3, -0.25) is 0 Å². The second-order valence-corrected chi connectivity index (χ2v) is 4.34. The lowest BCUT2D eigenvalue weighted by Crippen LogP contribution is -3.11. The highest BCUT2D eigenvalue weighted by Gasteiger charge is 2.14. The molecule has 15 heavy (non-hydrogen) atoms. The van der Waals surface area contributed by atoms with Crippen molar-refractivity contribution in [2.24, 2.45) is 5.41 Å². The SMILES string of the molecule is CCC(C)(C)C(=O)[O-].CC[NH+](CC)CC. The van der Waals surface area contributed by atoms with Crippen molar-refractivity contribution in [1.82, 2.24) is 0 Å². The van der Waals surface area contributed by atoms with Gasteiger partial charge in [-0.2, -0.15) is 0 Å². The fourth-order valence-corrected chi connectivity index (χ4v) is 0.894. The van der Waals surface area contributed by atoms with Gasteiger partial charge in [0.2, 0.25) is 0 Å². The van der Waals surface area contributed by atoms with Crippen molar-refractivity contribution in [3.05, 3.63) is 0 Å². The lowest BCUT2D eigenvalue weighted by Gasteiger charge is -2.22. The highest BCUT2D eigenvalue weighted by Crippen LogP contribution is 2.17. The Kier molecular flexibility index (Phi) is 9.79. The summed E-state index contributed by atoms with van der Waals surface area (Å²) in [5.74, 6) is -0.972. The number of carboxylic acid groups (broad SMARTS) is 1. The van der Waals surface area contributed by atoms with E-state index in [0.717, 1.165) is 0 Å². The van der Waals surface area contributed by atoms with Crippen LogP contribution < -0.4 is 10.0 Å². The van der Waals surface area contributed by atoms with E-state index in [1.165, 1.54) is 19.6 Å². The summed E-state index contributed by atoms with van der Waals surface area (Å²) in [6, 6.07) is 0. The van der Waals surface area contributed by atoms with Crippen molar-refractivity contribution >= 4 is 5.97 Å². The Bertz CT molecular complexity index is 157. The van der Waals surface area contributed by atoms with Crippen LogP contribution in [0.25, 0.3) is 0 Å². The van der Waals surface area contributed by atoms with Gasteiger partial charge in [-0.25, -0.2) is 0 Å². The molecule has 0 bridgehead atoms. The molecule has 92 valence electrons. The fraction of sp³-hybridized carbons (Fsp3) is 0.917. The third-order valence-electron chi connectivity index (χ3n) is 2.94. The lowest BCUT2D eigenvalue weighted by molar-refractivity contribution is -0.894. The minimum atomic E-state index is -0.972. The predicted molar refractivity (Wildman–Crippen MR) is 61.7 cm³/mol. The van der Waals surface area contributed by atoms with Gasteiger partial charge in [0.25, 0.3) is 0 Å². The van der Waals surface area contributed by atoms with Crippen LogP contribution in [0.5, 0.6) is 0 Å². The first-order valence-electron chi connectivity index (χ1n) is 5.90. The van der Waals surface area contributed by atoms with E-state index in [0.29, 0.717) is 6.42 Å². The van der Waals surface area contributed by atoms with Gasteiger partial charge in [-0.1, -0.05) is 20.8 Å². The Morgan fingerprint density at radius 1 is 1.07 bits per heavy atom. The molecule has 0 saturated heterocycles. The third kappa shape index (κ3) is 8.43.